The predicted octanol–water partition coefficient (Wildman–Crippen LogP) is 4.69. The van der Waals surface area contributed by atoms with Crippen molar-refractivity contribution < 1.29 is 27.4 Å². The third-order valence-electron chi connectivity index (χ3n) is 7.42. The molecular weight excluding hydrogens is 621 g/mol. The van der Waals surface area contributed by atoms with Gasteiger partial charge in [-0.3, -0.25) is 9.69 Å². The van der Waals surface area contributed by atoms with Gasteiger partial charge in [-0.05, 0) is 48.0 Å². The molecule has 7 rings (SSSR count). The standard InChI is InChI=1S/C31H26N4O6S3/c36-30-28(43-31(42)34(30)18-21-9-10-26-27(15-21)41-20-40-26)17-23-19-35(24-6-2-1-3-7-24)32-29(23)22-5-4-8-25(16-22)44(37,38)33-11-13-39-14-12-33/h1-10,15-17,19H,11-14,18,20H2/b28-17-. The highest BCUT2D eigenvalue weighted by molar-refractivity contribution is 8.26. The van der Waals surface area contributed by atoms with Gasteiger partial charge in [0.25, 0.3) is 5.91 Å². The molecule has 1 amide bonds. The Morgan fingerprint density at radius 1 is 0.955 bits per heavy atom. The van der Waals surface area contributed by atoms with Crippen LogP contribution in [0.15, 0.2) is 88.8 Å². The molecule has 0 radical (unpaired) electrons. The van der Waals surface area contributed by atoms with Gasteiger partial charge in [0.2, 0.25) is 16.8 Å². The molecule has 0 bridgehead atoms. The minimum atomic E-state index is -3.73. The van der Waals surface area contributed by atoms with Crippen molar-refractivity contribution in [3.05, 3.63) is 95.0 Å². The fourth-order valence-electron chi connectivity index (χ4n) is 5.17. The molecule has 2 saturated heterocycles. The van der Waals surface area contributed by atoms with Crippen LogP contribution in [0.2, 0.25) is 0 Å². The molecule has 4 heterocycles. The first-order valence-corrected chi connectivity index (χ1v) is 16.5. The van der Waals surface area contributed by atoms with Crippen LogP contribution < -0.4 is 9.47 Å². The van der Waals surface area contributed by atoms with Crippen LogP contribution in [0.25, 0.3) is 23.0 Å². The van der Waals surface area contributed by atoms with E-state index in [2.05, 4.69) is 0 Å². The number of aromatic nitrogens is 2. The van der Waals surface area contributed by atoms with E-state index in [0.29, 0.717) is 63.8 Å². The Balaban J connectivity index is 1.24. The van der Waals surface area contributed by atoms with Crippen molar-refractivity contribution in [2.45, 2.75) is 11.4 Å². The average Bonchev–Trinajstić information content (AvgIpc) is 3.77. The average molecular weight is 647 g/mol. The lowest BCUT2D eigenvalue weighted by Crippen LogP contribution is -2.40. The van der Waals surface area contributed by atoms with Gasteiger partial charge in [-0.2, -0.15) is 9.40 Å². The Kier molecular flexibility index (Phi) is 7.72. The maximum Gasteiger partial charge on any atom is 0.266 e. The van der Waals surface area contributed by atoms with Gasteiger partial charge in [-0.25, -0.2) is 13.1 Å². The number of thioether (sulfide) groups is 1. The highest BCUT2D eigenvalue weighted by Crippen LogP contribution is 2.38. The third-order valence-corrected chi connectivity index (χ3v) is 10.7. The summed E-state index contributed by atoms with van der Waals surface area (Å²) in [6, 6.07) is 21.9. The summed E-state index contributed by atoms with van der Waals surface area (Å²) in [6.07, 6.45) is 3.60. The molecule has 224 valence electrons. The SMILES string of the molecule is O=C1/C(=C/c2cn(-c3ccccc3)nc2-c2cccc(S(=O)(=O)N3CCOCC3)c2)SC(=S)N1Cc1ccc2c(c1)OCO2. The Morgan fingerprint density at radius 3 is 2.57 bits per heavy atom. The van der Waals surface area contributed by atoms with E-state index in [9.17, 15) is 13.2 Å². The van der Waals surface area contributed by atoms with E-state index in [4.69, 9.17) is 31.5 Å². The maximum atomic E-state index is 13.6. The van der Waals surface area contributed by atoms with Crippen LogP contribution >= 0.6 is 24.0 Å². The second kappa shape index (κ2) is 11.8. The number of morpholine rings is 1. The summed E-state index contributed by atoms with van der Waals surface area (Å²) in [7, 11) is -3.73. The number of ether oxygens (including phenoxy) is 3. The predicted molar refractivity (Wildman–Crippen MR) is 170 cm³/mol. The van der Waals surface area contributed by atoms with E-state index in [-0.39, 0.29) is 24.1 Å². The molecule has 3 aliphatic rings. The van der Waals surface area contributed by atoms with Crippen molar-refractivity contribution in [2.75, 3.05) is 33.1 Å². The van der Waals surface area contributed by atoms with Crippen LogP contribution in [0.1, 0.15) is 11.1 Å². The van der Waals surface area contributed by atoms with Gasteiger partial charge in [0.1, 0.15) is 10.0 Å². The second-order valence-electron chi connectivity index (χ2n) is 10.2. The number of carbonyl (C=O) groups is 1. The second-order valence-corrected chi connectivity index (χ2v) is 13.8. The van der Waals surface area contributed by atoms with Crippen molar-refractivity contribution in [3.8, 4) is 28.4 Å². The number of rotatable bonds is 7. The Hall–Kier alpha value is -4.01. The fraction of sp³-hybridized carbons (Fsp3) is 0.194. The third kappa shape index (κ3) is 5.53. The molecule has 4 aromatic rings. The van der Waals surface area contributed by atoms with E-state index in [1.165, 1.54) is 16.1 Å². The van der Waals surface area contributed by atoms with E-state index in [1.807, 2.05) is 60.8 Å². The molecule has 1 aromatic heterocycles. The van der Waals surface area contributed by atoms with E-state index in [1.54, 1.807) is 33.9 Å². The number of amides is 1. The number of hydrogen-bond donors (Lipinski definition) is 0. The summed E-state index contributed by atoms with van der Waals surface area (Å²) >= 11 is 6.83. The van der Waals surface area contributed by atoms with Crippen LogP contribution in [-0.2, 0) is 26.1 Å². The van der Waals surface area contributed by atoms with Gasteiger partial charge in [-0.15, -0.1) is 0 Å². The van der Waals surface area contributed by atoms with Gasteiger partial charge in [-0.1, -0.05) is 60.4 Å². The van der Waals surface area contributed by atoms with Crippen LogP contribution in [0, 0.1) is 0 Å². The van der Waals surface area contributed by atoms with Crippen LogP contribution in [0.3, 0.4) is 0 Å². The normalized spacial score (nSPS) is 18.0. The van der Waals surface area contributed by atoms with Crippen LogP contribution in [0.5, 0.6) is 11.5 Å². The molecule has 2 fully saturated rings. The fourth-order valence-corrected chi connectivity index (χ4v) is 7.87. The Morgan fingerprint density at radius 2 is 1.75 bits per heavy atom. The minimum Gasteiger partial charge on any atom is -0.454 e. The monoisotopic (exact) mass is 646 g/mol. The van der Waals surface area contributed by atoms with Crippen molar-refractivity contribution >= 4 is 50.3 Å². The first kappa shape index (κ1) is 28.7. The molecular formula is C31H26N4O6S3. The zero-order valence-corrected chi connectivity index (χ0v) is 25.7. The van der Waals surface area contributed by atoms with Gasteiger partial charge in [0, 0.05) is 30.4 Å². The van der Waals surface area contributed by atoms with Gasteiger partial charge < -0.3 is 14.2 Å². The summed E-state index contributed by atoms with van der Waals surface area (Å²) in [5.74, 6) is 1.09. The summed E-state index contributed by atoms with van der Waals surface area (Å²) in [4.78, 5) is 15.8. The highest BCUT2D eigenvalue weighted by Gasteiger charge is 2.33. The molecule has 0 atom stereocenters. The number of fused-ring (bicyclic) bond motifs is 1. The van der Waals surface area contributed by atoms with Crippen molar-refractivity contribution in [2.24, 2.45) is 0 Å². The zero-order chi connectivity index (χ0) is 30.3. The number of carbonyl (C=O) groups excluding carboxylic acids is 1. The number of para-hydroxylation sites is 1. The zero-order valence-electron chi connectivity index (χ0n) is 23.3. The number of nitrogens with zero attached hydrogens (tertiary/aromatic N) is 4. The lowest BCUT2D eigenvalue weighted by atomic mass is 10.1. The first-order valence-electron chi connectivity index (χ1n) is 13.8. The summed E-state index contributed by atoms with van der Waals surface area (Å²) < 4.78 is 46.7. The molecule has 3 aromatic carbocycles. The molecule has 0 N–H and O–H groups in total. The van der Waals surface area contributed by atoms with Crippen molar-refractivity contribution in [3.63, 3.8) is 0 Å². The number of thiocarbonyl (C=S) groups is 1. The molecule has 0 saturated carbocycles. The van der Waals surface area contributed by atoms with Crippen molar-refractivity contribution in [1.29, 1.82) is 0 Å². The number of sulfonamides is 1. The van der Waals surface area contributed by atoms with Crippen LogP contribution in [0.4, 0.5) is 0 Å². The molecule has 10 nitrogen and oxygen atoms in total. The van der Waals surface area contributed by atoms with E-state index < -0.39 is 10.0 Å². The summed E-state index contributed by atoms with van der Waals surface area (Å²) in [5, 5.41) is 4.84. The molecule has 0 spiro atoms. The number of hydrogen-bond acceptors (Lipinski definition) is 9. The van der Waals surface area contributed by atoms with Gasteiger partial charge in [0.15, 0.2) is 11.5 Å². The topological polar surface area (TPSA) is 103 Å². The smallest absolute Gasteiger partial charge is 0.266 e. The van der Waals surface area contributed by atoms with Gasteiger partial charge in [0.05, 0.1) is 35.2 Å². The molecule has 44 heavy (non-hydrogen) atoms. The molecule has 0 unspecified atom stereocenters. The summed E-state index contributed by atoms with van der Waals surface area (Å²) in [5.41, 5.74) is 3.48. The summed E-state index contributed by atoms with van der Waals surface area (Å²) in [6.45, 7) is 1.78. The van der Waals surface area contributed by atoms with Crippen molar-refractivity contribution in [1.82, 2.24) is 19.0 Å². The largest absolute Gasteiger partial charge is 0.454 e. The highest BCUT2D eigenvalue weighted by atomic mass is 32.2. The molecule has 0 aliphatic carbocycles. The maximum absolute atomic E-state index is 13.6. The van der Waals surface area contributed by atoms with Crippen LogP contribution in [-0.4, -0.2) is 70.7 Å². The first-order chi connectivity index (χ1) is 21.4. The van der Waals surface area contributed by atoms with E-state index in [0.717, 1.165) is 11.3 Å². The Labute approximate surface area is 263 Å². The molecule has 3 aliphatic heterocycles. The minimum absolute atomic E-state index is 0.170. The molecule has 13 heteroatoms. The van der Waals surface area contributed by atoms with E-state index >= 15 is 0 Å². The lowest BCUT2D eigenvalue weighted by Gasteiger charge is -2.26. The quantitative estimate of drug-likeness (QED) is 0.209. The Bertz CT molecular complexity index is 1900. The van der Waals surface area contributed by atoms with Gasteiger partial charge >= 0.3 is 0 Å². The lowest BCUT2D eigenvalue weighted by molar-refractivity contribution is -0.122. The number of benzene rings is 3.